The van der Waals surface area contributed by atoms with E-state index in [0.29, 0.717) is 0 Å². The van der Waals surface area contributed by atoms with Gasteiger partial charge in [0.25, 0.3) is 0 Å². The standard InChI is InChI=1S/C59H38O.C55H38/c1-59(2)51-30-27-38(33-49(51)57-43-17-7-5-15-41(43)42-16-6-12-22-48(42)58(57)59)35-23-25-37(26-24-35)54-44-18-8-10-20-46(44)55(47-21-11-9-19-45(47)54)39-29-31-52-50(34-39)56-40-14-4-3-13-36(40)28-32-53(56)60-52;1-55(2)50-33-32-38(34-49(50)53-43-22-10-7-19-40(43)41-20-8-15-27-48(41)54(53)55)35-28-30-37(31-29-35)51-44-23-11-13-25-46(44)52(47-26-14-12-24-45(47)51)42-21-9-6-18-39(42)36-16-4-3-5-17-36/h3-34H,1-2H3;3-34H,1-2H3. The molecule has 0 unspecified atom stereocenters. The van der Waals surface area contributed by atoms with Crippen molar-refractivity contribution in [2.75, 3.05) is 0 Å². The van der Waals surface area contributed by atoms with Crippen molar-refractivity contribution in [2.24, 2.45) is 0 Å². The van der Waals surface area contributed by atoms with Crippen molar-refractivity contribution in [3.63, 3.8) is 0 Å². The molecule has 2 aliphatic carbocycles. The minimum atomic E-state index is -0.114. The third-order valence-corrected chi connectivity index (χ3v) is 25.8. The Kier molecular flexibility index (Phi) is 14.8. The molecule has 1 aromatic heterocycles. The third-order valence-electron chi connectivity index (χ3n) is 25.8. The van der Waals surface area contributed by atoms with Crippen molar-refractivity contribution in [1.82, 2.24) is 0 Å². The van der Waals surface area contributed by atoms with Crippen LogP contribution in [0.1, 0.15) is 49.9 Å². The summed E-state index contributed by atoms with van der Waals surface area (Å²) in [5.41, 5.74) is 30.1. The Labute approximate surface area is 667 Å². The second-order valence-corrected chi connectivity index (χ2v) is 32.7. The van der Waals surface area contributed by atoms with Crippen LogP contribution in [-0.2, 0) is 10.8 Å². The molecule has 0 fully saturated rings. The molecule has 0 radical (unpaired) electrons. The van der Waals surface area contributed by atoms with Gasteiger partial charge in [-0.25, -0.2) is 0 Å². The summed E-state index contributed by atoms with van der Waals surface area (Å²) in [6.07, 6.45) is 0. The van der Waals surface area contributed by atoms with Gasteiger partial charge in [-0.3, -0.25) is 0 Å². The minimum absolute atomic E-state index is 0.105. The van der Waals surface area contributed by atoms with Gasteiger partial charge in [-0.05, 0) is 250 Å². The second kappa shape index (κ2) is 25.7. The smallest absolute Gasteiger partial charge is 0.136 e. The zero-order valence-electron chi connectivity index (χ0n) is 64.4. The van der Waals surface area contributed by atoms with Gasteiger partial charge < -0.3 is 4.42 Å². The Morgan fingerprint density at radius 1 is 0.174 bits per heavy atom. The molecule has 0 atom stereocenters. The molecule has 0 saturated carbocycles. The first kappa shape index (κ1) is 66.5. The van der Waals surface area contributed by atoms with Crippen LogP contribution in [0.2, 0.25) is 0 Å². The maximum Gasteiger partial charge on any atom is 0.136 e. The first-order valence-electron chi connectivity index (χ1n) is 40.4. The molecule has 0 aliphatic heterocycles. The predicted molar refractivity (Wildman–Crippen MR) is 491 cm³/mol. The lowest BCUT2D eigenvalue weighted by molar-refractivity contribution is 0.666. The van der Waals surface area contributed by atoms with Gasteiger partial charge in [0.05, 0.1) is 0 Å². The van der Waals surface area contributed by atoms with Crippen LogP contribution in [0.4, 0.5) is 0 Å². The lowest BCUT2D eigenvalue weighted by Gasteiger charge is -2.24. The lowest BCUT2D eigenvalue weighted by Crippen LogP contribution is -2.15. The molecule has 2 aliphatic rings. The van der Waals surface area contributed by atoms with Crippen LogP contribution >= 0.6 is 0 Å². The summed E-state index contributed by atoms with van der Waals surface area (Å²) in [5.74, 6) is 0. The van der Waals surface area contributed by atoms with Gasteiger partial charge in [0.2, 0.25) is 0 Å². The number of rotatable bonds is 7. The van der Waals surface area contributed by atoms with E-state index < -0.39 is 0 Å². The highest BCUT2D eigenvalue weighted by molar-refractivity contribution is 6.27. The van der Waals surface area contributed by atoms with Gasteiger partial charge in [-0.2, -0.15) is 0 Å². The predicted octanol–water partition coefficient (Wildman–Crippen LogP) is 31.9. The highest BCUT2D eigenvalue weighted by Gasteiger charge is 2.40. The van der Waals surface area contributed by atoms with E-state index in [9.17, 15) is 0 Å². The Balaban J connectivity index is 0.000000137. The summed E-state index contributed by atoms with van der Waals surface area (Å²) in [5, 5.41) is 25.5. The van der Waals surface area contributed by atoms with Crippen molar-refractivity contribution >= 4 is 119 Å². The SMILES string of the molecule is CC1(C)c2ccc(-c3ccc(-c4c5ccccc5c(-c5ccc6oc7ccc8ccccc8c7c6c5)c5ccccc45)cc3)cc2-c2c1c1ccccc1c1ccccc21.CC1(C)c2ccc(-c3ccc(-c4c5ccccc5c(-c5ccccc5-c5ccccc5)c5ccccc45)cc3)cc2-c2c1c1ccccc1c1ccccc21. The fourth-order valence-electron chi connectivity index (χ4n) is 20.8. The molecule has 21 aromatic carbocycles. The van der Waals surface area contributed by atoms with Gasteiger partial charge in [0.15, 0.2) is 0 Å². The molecule has 1 heteroatoms. The molecular weight excluding hydrogens is 1390 g/mol. The molecule has 24 rings (SSSR count). The molecule has 0 saturated heterocycles. The van der Waals surface area contributed by atoms with E-state index >= 15 is 0 Å². The quantitative estimate of drug-likeness (QED) is 0.114. The van der Waals surface area contributed by atoms with Crippen molar-refractivity contribution in [3.05, 3.63) is 411 Å². The van der Waals surface area contributed by atoms with E-state index in [1.54, 1.807) is 0 Å². The van der Waals surface area contributed by atoms with Crippen molar-refractivity contribution in [1.29, 1.82) is 0 Å². The average molecular weight is 1460 g/mol. The van der Waals surface area contributed by atoms with Gasteiger partial charge in [-0.15, -0.1) is 0 Å². The highest BCUT2D eigenvalue weighted by Crippen LogP contribution is 2.58. The van der Waals surface area contributed by atoms with E-state index in [-0.39, 0.29) is 10.8 Å². The number of furan rings is 1. The summed E-state index contributed by atoms with van der Waals surface area (Å²) in [7, 11) is 0. The summed E-state index contributed by atoms with van der Waals surface area (Å²) in [4.78, 5) is 0. The molecule has 22 aromatic rings. The Morgan fingerprint density at radius 2 is 0.487 bits per heavy atom. The fourth-order valence-corrected chi connectivity index (χ4v) is 20.8. The first-order valence-corrected chi connectivity index (χ1v) is 40.4. The second-order valence-electron chi connectivity index (χ2n) is 32.7. The van der Waals surface area contributed by atoms with Crippen LogP contribution < -0.4 is 0 Å². The number of hydrogen-bond donors (Lipinski definition) is 0. The van der Waals surface area contributed by atoms with E-state index in [4.69, 9.17) is 4.42 Å². The van der Waals surface area contributed by atoms with Gasteiger partial charge >= 0.3 is 0 Å². The van der Waals surface area contributed by atoms with E-state index in [0.717, 1.165) is 16.6 Å². The molecule has 0 spiro atoms. The fraction of sp³-hybridized carbons (Fsp3) is 0.0526. The molecule has 538 valence electrons. The van der Waals surface area contributed by atoms with E-state index in [2.05, 4.69) is 416 Å². The summed E-state index contributed by atoms with van der Waals surface area (Å²) >= 11 is 0. The normalized spacial score (nSPS) is 13.2. The van der Waals surface area contributed by atoms with Crippen LogP contribution in [0.15, 0.2) is 393 Å². The zero-order valence-corrected chi connectivity index (χ0v) is 64.4. The van der Waals surface area contributed by atoms with Crippen LogP contribution in [-0.4, -0.2) is 0 Å². The lowest BCUT2D eigenvalue weighted by atomic mass is 9.79. The zero-order chi connectivity index (χ0) is 76.4. The summed E-state index contributed by atoms with van der Waals surface area (Å²) < 4.78 is 6.42. The summed E-state index contributed by atoms with van der Waals surface area (Å²) in [6.45, 7) is 9.58. The van der Waals surface area contributed by atoms with Crippen molar-refractivity contribution < 1.29 is 4.42 Å². The molecular formula is C114H76O. The summed E-state index contributed by atoms with van der Waals surface area (Å²) in [6, 6.07) is 144. The van der Waals surface area contributed by atoms with Crippen LogP contribution in [0.5, 0.6) is 0 Å². The van der Waals surface area contributed by atoms with Crippen molar-refractivity contribution in [2.45, 2.75) is 38.5 Å². The maximum atomic E-state index is 6.42. The number of benzene rings is 21. The number of hydrogen-bond acceptors (Lipinski definition) is 1. The van der Waals surface area contributed by atoms with Gasteiger partial charge in [0, 0.05) is 21.6 Å². The minimum Gasteiger partial charge on any atom is -0.456 e. The highest BCUT2D eigenvalue weighted by atomic mass is 16.3. The topological polar surface area (TPSA) is 13.1 Å². The van der Waals surface area contributed by atoms with Crippen molar-refractivity contribution in [3.8, 4) is 100 Å². The maximum absolute atomic E-state index is 6.42. The monoisotopic (exact) mass is 1460 g/mol. The van der Waals surface area contributed by atoms with Gasteiger partial charge in [-0.1, -0.05) is 386 Å². The Morgan fingerprint density at radius 3 is 0.930 bits per heavy atom. The van der Waals surface area contributed by atoms with Crippen LogP contribution in [0.25, 0.3) is 219 Å². The number of fused-ring (bicyclic) bond motifs is 25. The van der Waals surface area contributed by atoms with Crippen LogP contribution in [0.3, 0.4) is 0 Å². The van der Waals surface area contributed by atoms with E-state index in [1.165, 1.54) is 225 Å². The van der Waals surface area contributed by atoms with Crippen LogP contribution in [0, 0.1) is 0 Å². The largest absolute Gasteiger partial charge is 0.456 e. The molecule has 0 N–H and O–H groups in total. The molecule has 0 bridgehead atoms. The first-order chi connectivity index (χ1) is 56.6. The molecule has 0 amide bonds. The Hall–Kier alpha value is -14.2. The van der Waals surface area contributed by atoms with Gasteiger partial charge in [0.1, 0.15) is 11.2 Å². The molecule has 1 heterocycles. The van der Waals surface area contributed by atoms with E-state index in [1.807, 2.05) is 0 Å². The average Bonchev–Trinajstić information content (AvgIpc) is 1.61. The third kappa shape index (κ3) is 10.1. The molecule has 115 heavy (non-hydrogen) atoms. The Bertz CT molecular complexity index is 7750. The molecule has 1 nitrogen and oxygen atoms in total.